The van der Waals surface area contributed by atoms with E-state index < -0.39 is 11.1 Å². The second kappa shape index (κ2) is 6.60. The molecule has 1 aromatic heterocycles. The van der Waals surface area contributed by atoms with Crippen molar-refractivity contribution in [3.8, 4) is 5.69 Å². The van der Waals surface area contributed by atoms with E-state index in [-0.39, 0.29) is 0 Å². The zero-order valence-corrected chi connectivity index (χ0v) is 13.5. The summed E-state index contributed by atoms with van der Waals surface area (Å²) in [5.41, 5.74) is 1.99. The minimum Gasteiger partial charge on any atom is -0.305 e. The lowest BCUT2D eigenvalue weighted by Gasteiger charge is -2.10. The second-order valence-corrected chi connectivity index (χ2v) is 5.96. The molecule has 116 valence electrons. The van der Waals surface area contributed by atoms with Crippen LogP contribution in [0.1, 0.15) is 39.2 Å². The maximum absolute atomic E-state index is 12.3. The molecule has 0 bridgehead atoms. The van der Waals surface area contributed by atoms with Crippen LogP contribution < -0.4 is 11.1 Å². The van der Waals surface area contributed by atoms with E-state index >= 15 is 0 Å². The maximum Gasteiger partial charge on any atom is 0.320 e. The van der Waals surface area contributed by atoms with Gasteiger partial charge in [0.1, 0.15) is 0 Å². The van der Waals surface area contributed by atoms with Gasteiger partial charge in [-0.25, -0.2) is 0 Å². The van der Waals surface area contributed by atoms with Gasteiger partial charge in [0, 0.05) is 24.6 Å². The average molecular weight is 298 g/mol. The molecule has 0 fully saturated rings. The third-order valence-electron chi connectivity index (χ3n) is 3.59. The molecule has 0 aliphatic rings. The number of aromatic nitrogens is 2. The van der Waals surface area contributed by atoms with Gasteiger partial charge < -0.3 is 4.57 Å². The van der Waals surface area contributed by atoms with Crippen LogP contribution in [0.5, 0.6) is 0 Å². The zero-order valence-electron chi connectivity index (χ0n) is 13.5. The Morgan fingerprint density at radius 2 is 1.68 bits per heavy atom. The highest BCUT2D eigenvalue weighted by molar-refractivity contribution is 5.35. The van der Waals surface area contributed by atoms with Gasteiger partial charge in [-0.1, -0.05) is 37.6 Å². The van der Waals surface area contributed by atoms with Gasteiger partial charge in [0.15, 0.2) is 0 Å². The summed E-state index contributed by atoms with van der Waals surface area (Å²) in [6.45, 7) is 8.58. The van der Waals surface area contributed by atoms with Crippen molar-refractivity contribution in [3.63, 3.8) is 0 Å². The summed E-state index contributed by atoms with van der Waals surface area (Å²) in [6, 6.07) is 7.72. The highest BCUT2D eigenvalue weighted by atomic mass is 16.2. The molecule has 4 nitrogen and oxygen atoms in total. The monoisotopic (exact) mass is 298 g/mol. The van der Waals surface area contributed by atoms with Crippen molar-refractivity contribution < 1.29 is 0 Å². The summed E-state index contributed by atoms with van der Waals surface area (Å²) in [7, 11) is 0. The molecule has 0 saturated carbocycles. The van der Waals surface area contributed by atoms with Crippen molar-refractivity contribution in [2.75, 3.05) is 0 Å². The van der Waals surface area contributed by atoms with Crippen LogP contribution in [0.2, 0.25) is 0 Å². The van der Waals surface area contributed by atoms with E-state index in [4.69, 9.17) is 0 Å². The third kappa shape index (κ3) is 3.45. The summed E-state index contributed by atoms with van der Waals surface area (Å²) < 4.78 is 2.82. The third-order valence-corrected chi connectivity index (χ3v) is 3.59. The molecule has 0 aliphatic heterocycles. The van der Waals surface area contributed by atoms with Gasteiger partial charge in [-0.05, 0) is 37.5 Å². The van der Waals surface area contributed by atoms with E-state index in [0.717, 1.165) is 5.57 Å². The Morgan fingerprint density at radius 1 is 1.05 bits per heavy atom. The Labute approximate surface area is 130 Å². The van der Waals surface area contributed by atoms with Gasteiger partial charge in [-0.2, -0.15) is 0 Å². The maximum atomic E-state index is 12.3. The Bertz CT molecular complexity index is 789. The molecular formula is C18H22N2O2. The first-order chi connectivity index (χ1) is 10.4. The Morgan fingerprint density at radius 3 is 2.23 bits per heavy atom. The molecule has 4 heteroatoms. The second-order valence-electron chi connectivity index (χ2n) is 5.96. The highest BCUT2D eigenvalue weighted by Gasteiger charge is 2.06. The molecule has 0 spiro atoms. The summed E-state index contributed by atoms with van der Waals surface area (Å²) in [5, 5.41) is 0. The smallest absolute Gasteiger partial charge is 0.305 e. The van der Waals surface area contributed by atoms with Crippen LogP contribution >= 0.6 is 0 Å². The first-order valence-electron chi connectivity index (χ1n) is 7.46. The SMILES string of the molecule is CC(C)=CCn1ccn(-c2ccc(C(C)C)cc2)c(=O)c1=O. The molecule has 0 atom stereocenters. The number of hydrogen-bond acceptors (Lipinski definition) is 2. The molecule has 0 aliphatic carbocycles. The lowest BCUT2D eigenvalue weighted by Crippen LogP contribution is -2.39. The van der Waals surface area contributed by atoms with Gasteiger partial charge in [-0.15, -0.1) is 0 Å². The Kier molecular flexibility index (Phi) is 4.81. The molecule has 2 aromatic rings. The van der Waals surface area contributed by atoms with Gasteiger partial charge in [0.25, 0.3) is 0 Å². The van der Waals surface area contributed by atoms with Gasteiger partial charge in [-0.3, -0.25) is 14.2 Å². The molecule has 0 unspecified atom stereocenters. The van der Waals surface area contributed by atoms with Crippen molar-refractivity contribution in [2.24, 2.45) is 0 Å². The van der Waals surface area contributed by atoms with Gasteiger partial charge in [0.05, 0.1) is 0 Å². The van der Waals surface area contributed by atoms with Gasteiger partial charge >= 0.3 is 11.1 Å². The van der Waals surface area contributed by atoms with E-state index in [1.165, 1.54) is 14.7 Å². The number of nitrogens with zero attached hydrogens (tertiary/aromatic N) is 2. The Hall–Kier alpha value is -2.36. The normalized spacial score (nSPS) is 10.8. The molecule has 2 rings (SSSR count). The quantitative estimate of drug-likeness (QED) is 0.643. The van der Waals surface area contributed by atoms with E-state index in [1.807, 2.05) is 44.2 Å². The first kappa shape index (κ1) is 16.0. The first-order valence-corrected chi connectivity index (χ1v) is 7.46. The van der Waals surface area contributed by atoms with E-state index in [9.17, 15) is 9.59 Å². The van der Waals surface area contributed by atoms with Crippen molar-refractivity contribution in [1.29, 1.82) is 0 Å². The van der Waals surface area contributed by atoms with Crippen molar-refractivity contribution in [1.82, 2.24) is 9.13 Å². The summed E-state index contributed by atoms with van der Waals surface area (Å²) >= 11 is 0. The topological polar surface area (TPSA) is 44.0 Å². The zero-order chi connectivity index (χ0) is 16.3. The fourth-order valence-corrected chi connectivity index (χ4v) is 2.16. The van der Waals surface area contributed by atoms with E-state index in [1.54, 1.807) is 12.4 Å². The van der Waals surface area contributed by atoms with Crippen LogP contribution in [0.4, 0.5) is 0 Å². The summed E-state index contributed by atoms with van der Waals surface area (Å²) in [5.74, 6) is 0.433. The van der Waals surface area contributed by atoms with Crippen LogP contribution in [0.15, 0.2) is 57.9 Å². The Balaban J connectivity index is 2.41. The van der Waals surface area contributed by atoms with E-state index in [0.29, 0.717) is 18.2 Å². The summed E-state index contributed by atoms with van der Waals surface area (Å²) in [6.07, 6.45) is 5.22. The van der Waals surface area contributed by atoms with Crippen LogP contribution in [-0.4, -0.2) is 9.13 Å². The number of hydrogen-bond donors (Lipinski definition) is 0. The molecule has 0 amide bonds. The fourth-order valence-electron chi connectivity index (χ4n) is 2.16. The number of allylic oxidation sites excluding steroid dienone is 2. The highest BCUT2D eigenvalue weighted by Crippen LogP contribution is 2.15. The predicted octanol–water partition coefficient (Wildman–Crippen LogP) is 3.09. The molecule has 1 aromatic carbocycles. The van der Waals surface area contributed by atoms with Crippen LogP contribution in [-0.2, 0) is 6.54 Å². The molecule has 0 N–H and O–H groups in total. The lowest BCUT2D eigenvalue weighted by atomic mass is 10.0. The molecule has 0 radical (unpaired) electrons. The molecule has 0 saturated heterocycles. The summed E-state index contributed by atoms with van der Waals surface area (Å²) in [4.78, 5) is 24.4. The number of rotatable bonds is 4. The average Bonchev–Trinajstić information content (AvgIpc) is 2.49. The van der Waals surface area contributed by atoms with Crippen LogP contribution in [0.3, 0.4) is 0 Å². The standard InChI is InChI=1S/C18H22N2O2/c1-13(2)9-10-19-11-12-20(18(22)17(19)21)16-7-5-15(6-8-16)14(3)4/h5-9,11-12,14H,10H2,1-4H3. The minimum absolute atomic E-state index is 0.420. The largest absolute Gasteiger partial charge is 0.320 e. The van der Waals surface area contributed by atoms with Crippen LogP contribution in [0, 0.1) is 0 Å². The van der Waals surface area contributed by atoms with Crippen LogP contribution in [0.25, 0.3) is 5.69 Å². The lowest BCUT2D eigenvalue weighted by molar-refractivity contribution is 0.729. The van der Waals surface area contributed by atoms with Crippen molar-refractivity contribution >= 4 is 0 Å². The van der Waals surface area contributed by atoms with Crippen molar-refractivity contribution in [3.05, 3.63) is 74.6 Å². The van der Waals surface area contributed by atoms with Gasteiger partial charge in [0.2, 0.25) is 0 Å². The predicted molar refractivity (Wildman–Crippen MR) is 89.8 cm³/mol. The fraction of sp³-hybridized carbons (Fsp3) is 0.333. The molecular weight excluding hydrogens is 276 g/mol. The van der Waals surface area contributed by atoms with Crippen molar-refractivity contribution in [2.45, 2.75) is 40.2 Å². The molecule has 1 heterocycles. The van der Waals surface area contributed by atoms with E-state index in [2.05, 4.69) is 13.8 Å². The molecule has 22 heavy (non-hydrogen) atoms. The number of benzene rings is 1. The minimum atomic E-state index is -0.526.